The highest BCUT2D eigenvalue weighted by Gasteiger charge is 2.02. The fourth-order valence-electron chi connectivity index (χ4n) is 2.28. The summed E-state index contributed by atoms with van der Waals surface area (Å²) in [6.45, 7) is 3.83. The smallest absolute Gasteiger partial charge is 0.255 e. The standard InChI is InChI=1S/C19H24ClN5O2.HI/c1-2-22-19(23-9-8-14-6-7-17(20)24-11-14)25-12-15-4-3-5-16(10-15)27-13-18(21)26;/h3-7,10-11H,2,8-9,12-13H2,1H3,(H2,21,26)(H2,22,23,25);1H. The van der Waals surface area contributed by atoms with Gasteiger partial charge in [0.05, 0.1) is 6.54 Å². The number of benzene rings is 1. The summed E-state index contributed by atoms with van der Waals surface area (Å²) in [5, 5.41) is 7.00. The molecule has 1 amide bonds. The molecule has 28 heavy (non-hydrogen) atoms. The van der Waals surface area contributed by atoms with Gasteiger partial charge < -0.3 is 21.1 Å². The zero-order valence-electron chi connectivity index (χ0n) is 15.7. The molecule has 7 nitrogen and oxygen atoms in total. The summed E-state index contributed by atoms with van der Waals surface area (Å²) in [6, 6.07) is 11.2. The van der Waals surface area contributed by atoms with Crippen LogP contribution in [0.25, 0.3) is 0 Å². The zero-order valence-corrected chi connectivity index (χ0v) is 18.7. The predicted molar refractivity (Wildman–Crippen MR) is 122 cm³/mol. The summed E-state index contributed by atoms with van der Waals surface area (Å²) >= 11 is 5.80. The van der Waals surface area contributed by atoms with E-state index in [0.717, 1.165) is 36.6 Å². The molecule has 0 aliphatic rings. The number of hydrogen-bond donors (Lipinski definition) is 3. The van der Waals surface area contributed by atoms with Crippen LogP contribution in [0.4, 0.5) is 0 Å². The number of hydrogen-bond acceptors (Lipinski definition) is 4. The molecular weight excluding hydrogens is 493 g/mol. The van der Waals surface area contributed by atoms with Crippen LogP contribution >= 0.6 is 35.6 Å². The van der Waals surface area contributed by atoms with Gasteiger partial charge in [-0.05, 0) is 42.7 Å². The van der Waals surface area contributed by atoms with Crippen molar-refractivity contribution in [1.29, 1.82) is 0 Å². The Morgan fingerprint density at radius 1 is 1.25 bits per heavy atom. The molecule has 0 aliphatic heterocycles. The number of pyridine rings is 1. The van der Waals surface area contributed by atoms with Crippen LogP contribution in [0.1, 0.15) is 18.1 Å². The first-order valence-corrected chi connectivity index (χ1v) is 9.07. The van der Waals surface area contributed by atoms with Gasteiger partial charge in [0, 0.05) is 19.3 Å². The maximum atomic E-state index is 10.8. The highest BCUT2D eigenvalue weighted by molar-refractivity contribution is 14.0. The van der Waals surface area contributed by atoms with Gasteiger partial charge in [-0.3, -0.25) is 4.79 Å². The number of carbonyl (C=O) groups is 1. The van der Waals surface area contributed by atoms with E-state index in [9.17, 15) is 4.79 Å². The van der Waals surface area contributed by atoms with Crippen LogP contribution in [0.3, 0.4) is 0 Å². The van der Waals surface area contributed by atoms with Gasteiger partial charge in [0.1, 0.15) is 10.9 Å². The van der Waals surface area contributed by atoms with Crippen molar-refractivity contribution in [3.8, 4) is 5.75 Å². The number of carbonyl (C=O) groups excluding carboxylic acids is 1. The first kappa shape index (κ1) is 24.0. The van der Waals surface area contributed by atoms with Gasteiger partial charge in [0.25, 0.3) is 5.91 Å². The number of nitrogens with zero attached hydrogens (tertiary/aromatic N) is 2. The Balaban J connectivity index is 0.00000392. The number of primary amides is 1. The second-order valence-electron chi connectivity index (χ2n) is 5.76. The van der Waals surface area contributed by atoms with Crippen LogP contribution in [0.5, 0.6) is 5.75 Å². The van der Waals surface area contributed by atoms with Gasteiger partial charge in [-0.15, -0.1) is 24.0 Å². The predicted octanol–water partition coefficient (Wildman–Crippen LogP) is 2.51. The number of aliphatic imine (C=N–C) groups is 1. The van der Waals surface area contributed by atoms with Gasteiger partial charge in [0.15, 0.2) is 12.6 Å². The number of halogens is 2. The maximum absolute atomic E-state index is 10.8. The third-order valence-corrected chi connectivity index (χ3v) is 3.76. The summed E-state index contributed by atoms with van der Waals surface area (Å²) in [5.74, 6) is 0.811. The molecule has 4 N–H and O–H groups in total. The number of aromatic nitrogens is 1. The van der Waals surface area contributed by atoms with Crippen molar-refractivity contribution in [2.75, 3.05) is 19.7 Å². The molecule has 0 fully saturated rings. The molecule has 0 radical (unpaired) electrons. The lowest BCUT2D eigenvalue weighted by Gasteiger charge is -2.11. The van der Waals surface area contributed by atoms with Crippen molar-refractivity contribution in [2.24, 2.45) is 10.7 Å². The first-order chi connectivity index (χ1) is 13.1. The molecule has 0 atom stereocenters. The number of ether oxygens (including phenoxy) is 1. The van der Waals surface area contributed by atoms with Crippen LogP contribution in [0, 0.1) is 0 Å². The summed E-state index contributed by atoms with van der Waals surface area (Å²) < 4.78 is 5.32. The molecule has 0 saturated carbocycles. The molecule has 2 rings (SSSR count). The van der Waals surface area contributed by atoms with Gasteiger partial charge >= 0.3 is 0 Å². The van der Waals surface area contributed by atoms with E-state index in [4.69, 9.17) is 22.1 Å². The molecule has 1 aromatic heterocycles. The number of guanidine groups is 1. The van der Waals surface area contributed by atoms with Crippen LogP contribution < -0.4 is 21.1 Å². The molecule has 9 heteroatoms. The quantitative estimate of drug-likeness (QED) is 0.205. The lowest BCUT2D eigenvalue weighted by molar-refractivity contribution is -0.119. The van der Waals surface area contributed by atoms with Crippen molar-refractivity contribution in [1.82, 2.24) is 15.6 Å². The Kier molecular flexibility index (Phi) is 11.3. The molecule has 0 bridgehead atoms. The van der Waals surface area contributed by atoms with Crippen LogP contribution in [0.15, 0.2) is 47.6 Å². The number of nitrogens with two attached hydrogens (primary N) is 1. The van der Waals surface area contributed by atoms with E-state index in [1.807, 2.05) is 31.2 Å². The topological polar surface area (TPSA) is 102 Å². The van der Waals surface area contributed by atoms with E-state index in [2.05, 4.69) is 20.6 Å². The average Bonchev–Trinajstić information content (AvgIpc) is 2.66. The monoisotopic (exact) mass is 517 g/mol. The van der Waals surface area contributed by atoms with E-state index in [0.29, 0.717) is 17.4 Å². The molecule has 2 aromatic rings. The molecule has 1 aromatic carbocycles. The van der Waals surface area contributed by atoms with Crippen molar-refractivity contribution >= 4 is 47.4 Å². The number of rotatable bonds is 9. The van der Waals surface area contributed by atoms with Crippen LogP contribution in [-0.4, -0.2) is 36.5 Å². The highest BCUT2D eigenvalue weighted by atomic mass is 127. The minimum Gasteiger partial charge on any atom is -0.484 e. The number of amides is 1. The molecule has 1 heterocycles. The Labute approximate surface area is 187 Å². The van der Waals surface area contributed by atoms with Gasteiger partial charge in [-0.25, -0.2) is 9.98 Å². The van der Waals surface area contributed by atoms with Crippen molar-refractivity contribution < 1.29 is 9.53 Å². The van der Waals surface area contributed by atoms with Gasteiger partial charge in [-0.1, -0.05) is 29.8 Å². The minimum atomic E-state index is -0.507. The molecule has 0 spiro atoms. The summed E-state index contributed by atoms with van der Waals surface area (Å²) in [5.41, 5.74) is 7.16. The fraction of sp³-hybridized carbons (Fsp3) is 0.316. The van der Waals surface area contributed by atoms with E-state index < -0.39 is 5.91 Å². The Morgan fingerprint density at radius 3 is 2.75 bits per heavy atom. The molecule has 0 saturated heterocycles. The Bertz CT molecular complexity index is 771. The molecular formula is C19H25ClIN5O2. The highest BCUT2D eigenvalue weighted by Crippen LogP contribution is 2.14. The van der Waals surface area contributed by atoms with Crippen molar-refractivity contribution in [3.63, 3.8) is 0 Å². The summed E-state index contributed by atoms with van der Waals surface area (Å²) in [7, 11) is 0. The van der Waals surface area contributed by atoms with Gasteiger partial charge in [-0.2, -0.15) is 0 Å². The average molecular weight is 518 g/mol. The van der Waals surface area contributed by atoms with Crippen molar-refractivity contribution in [2.45, 2.75) is 19.9 Å². The lowest BCUT2D eigenvalue weighted by Crippen LogP contribution is -2.38. The molecule has 0 unspecified atom stereocenters. The van der Waals surface area contributed by atoms with E-state index in [-0.39, 0.29) is 30.6 Å². The second-order valence-corrected chi connectivity index (χ2v) is 6.15. The fourth-order valence-corrected chi connectivity index (χ4v) is 2.39. The van der Waals surface area contributed by atoms with E-state index in [1.54, 1.807) is 18.3 Å². The molecule has 152 valence electrons. The third-order valence-electron chi connectivity index (χ3n) is 3.54. The van der Waals surface area contributed by atoms with Gasteiger partial charge in [0.2, 0.25) is 0 Å². The Morgan fingerprint density at radius 2 is 2.07 bits per heavy atom. The van der Waals surface area contributed by atoms with Crippen LogP contribution in [-0.2, 0) is 17.8 Å². The zero-order chi connectivity index (χ0) is 19.5. The SMILES string of the molecule is CCNC(=NCc1cccc(OCC(N)=O)c1)NCCc1ccc(Cl)nc1.I. The third kappa shape index (κ3) is 9.23. The normalized spacial score (nSPS) is 10.7. The lowest BCUT2D eigenvalue weighted by atomic mass is 10.2. The molecule has 0 aliphatic carbocycles. The van der Waals surface area contributed by atoms with Crippen molar-refractivity contribution in [3.05, 3.63) is 58.9 Å². The summed E-state index contributed by atoms with van der Waals surface area (Å²) in [6.07, 6.45) is 2.58. The largest absolute Gasteiger partial charge is 0.484 e. The minimum absolute atomic E-state index is 0. The number of nitrogens with one attached hydrogen (secondary N) is 2. The van der Waals surface area contributed by atoms with E-state index >= 15 is 0 Å². The maximum Gasteiger partial charge on any atom is 0.255 e. The van der Waals surface area contributed by atoms with E-state index in [1.165, 1.54) is 0 Å². The second kappa shape index (κ2) is 13.2. The summed E-state index contributed by atoms with van der Waals surface area (Å²) in [4.78, 5) is 19.5. The van der Waals surface area contributed by atoms with Crippen LogP contribution in [0.2, 0.25) is 5.15 Å². The Hall–Kier alpha value is -2.07. The first-order valence-electron chi connectivity index (χ1n) is 8.69.